The van der Waals surface area contributed by atoms with Crippen molar-refractivity contribution in [2.24, 2.45) is 11.8 Å². The van der Waals surface area contributed by atoms with Crippen LogP contribution < -0.4 is 5.32 Å². The van der Waals surface area contributed by atoms with Crippen LogP contribution in [0.15, 0.2) is 5.38 Å². The Bertz CT molecular complexity index is 557. The molecule has 3 atom stereocenters. The van der Waals surface area contributed by atoms with E-state index in [1.54, 1.807) is 11.3 Å². The molecule has 4 rings (SSSR count). The Hall–Kier alpha value is -0.980. The zero-order valence-electron chi connectivity index (χ0n) is 13.0. The molecule has 0 radical (unpaired) electrons. The quantitative estimate of drug-likeness (QED) is 0.914. The van der Waals surface area contributed by atoms with E-state index in [-0.39, 0.29) is 17.9 Å². The molecule has 3 heterocycles. The van der Waals surface area contributed by atoms with Crippen LogP contribution in [0.5, 0.6) is 0 Å². The molecule has 1 aromatic rings. The number of nitrogens with zero attached hydrogens (tertiary/aromatic N) is 2. The summed E-state index contributed by atoms with van der Waals surface area (Å²) in [5.74, 6) is 0.705. The van der Waals surface area contributed by atoms with Gasteiger partial charge in [0.25, 0.3) is 0 Å². The van der Waals surface area contributed by atoms with Crippen LogP contribution >= 0.6 is 11.3 Å². The molecule has 0 unspecified atom stereocenters. The topological polar surface area (TPSA) is 54.5 Å². The van der Waals surface area contributed by atoms with E-state index in [0.29, 0.717) is 12.0 Å². The minimum Gasteiger partial charge on any atom is -0.377 e. The summed E-state index contributed by atoms with van der Waals surface area (Å²) < 4.78 is 5.89. The lowest BCUT2D eigenvalue weighted by Gasteiger charge is -2.39. The van der Waals surface area contributed by atoms with Crippen molar-refractivity contribution in [1.82, 2.24) is 15.2 Å². The van der Waals surface area contributed by atoms with Gasteiger partial charge in [-0.25, -0.2) is 4.98 Å². The van der Waals surface area contributed by atoms with E-state index in [0.717, 1.165) is 56.2 Å². The van der Waals surface area contributed by atoms with Crippen LogP contribution in [-0.4, -0.2) is 47.6 Å². The Morgan fingerprint density at radius 3 is 3.05 bits per heavy atom. The summed E-state index contributed by atoms with van der Waals surface area (Å²) in [6.45, 7) is 5.41. The molecular weight excluding hydrogens is 298 g/mol. The first-order valence-electron chi connectivity index (χ1n) is 8.24. The Morgan fingerprint density at radius 2 is 2.32 bits per heavy atom. The largest absolute Gasteiger partial charge is 0.377 e. The standard InChI is InChI=1S/C16H23N3O2S/c1-10-17-12(9-22-10)6-19-7-14(16(20)18-11-2-3-11)13-4-5-21-15(13)8-19/h9,11,13-15H,2-8H2,1H3,(H,18,20)/t13-,14-,15+/m0/s1. The molecule has 0 bridgehead atoms. The number of likely N-dealkylation sites (tertiary alicyclic amines) is 1. The molecule has 0 aromatic carbocycles. The molecule has 2 saturated heterocycles. The maximum Gasteiger partial charge on any atom is 0.225 e. The highest BCUT2D eigenvalue weighted by Gasteiger charge is 2.44. The van der Waals surface area contributed by atoms with Gasteiger partial charge < -0.3 is 10.1 Å². The summed E-state index contributed by atoms with van der Waals surface area (Å²) in [5, 5.41) is 6.41. The third kappa shape index (κ3) is 3.05. The fourth-order valence-corrected chi connectivity index (χ4v) is 4.31. The number of carbonyl (C=O) groups excluding carboxylic acids is 1. The van der Waals surface area contributed by atoms with Crippen molar-refractivity contribution in [2.75, 3.05) is 19.7 Å². The molecule has 1 amide bonds. The molecule has 3 fully saturated rings. The lowest BCUT2D eigenvalue weighted by Crippen LogP contribution is -2.52. The van der Waals surface area contributed by atoms with Gasteiger partial charge in [-0.1, -0.05) is 0 Å². The van der Waals surface area contributed by atoms with Gasteiger partial charge in [-0.05, 0) is 26.2 Å². The van der Waals surface area contributed by atoms with E-state index in [1.807, 2.05) is 6.92 Å². The summed E-state index contributed by atoms with van der Waals surface area (Å²) in [5.41, 5.74) is 1.11. The molecule has 1 aliphatic carbocycles. The molecule has 22 heavy (non-hydrogen) atoms. The first-order chi connectivity index (χ1) is 10.7. The molecule has 1 N–H and O–H groups in total. The van der Waals surface area contributed by atoms with E-state index in [4.69, 9.17) is 4.74 Å². The summed E-state index contributed by atoms with van der Waals surface area (Å²) in [4.78, 5) is 19.5. The van der Waals surface area contributed by atoms with E-state index < -0.39 is 0 Å². The van der Waals surface area contributed by atoms with E-state index in [9.17, 15) is 4.79 Å². The number of piperidine rings is 1. The second-order valence-corrected chi connectivity index (χ2v) is 7.87. The molecule has 2 aliphatic heterocycles. The fourth-order valence-electron chi connectivity index (χ4n) is 3.71. The molecule has 5 nitrogen and oxygen atoms in total. The summed E-state index contributed by atoms with van der Waals surface area (Å²) in [6.07, 6.45) is 3.52. The number of carbonyl (C=O) groups is 1. The van der Waals surface area contributed by atoms with Gasteiger partial charge in [0.15, 0.2) is 0 Å². The Kier molecular flexibility index (Phi) is 3.92. The first-order valence-corrected chi connectivity index (χ1v) is 9.12. The predicted octanol–water partition coefficient (Wildman–Crippen LogP) is 1.57. The van der Waals surface area contributed by atoms with E-state index in [2.05, 4.69) is 20.6 Å². The van der Waals surface area contributed by atoms with Gasteiger partial charge in [-0.15, -0.1) is 11.3 Å². The molecular formula is C16H23N3O2S. The van der Waals surface area contributed by atoms with Crippen LogP contribution in [-0.2, 0) is 16.1 Å². The highest BCUT2D eigenvalue weighted by molar-refractivity contribution is 7.09. The second kappa shape index (κ2) is 5.91. The zero-order valence-corrected chi connectivity index (χ0v) is 13.8. The number of amides is 1. The molecule has 1 aromatic heterocycles. The van der Waals surface area contributed by atoms with Crippen molar-refractivity contribution in [3.63, 3.8) is 0 Å². The number of ether oxygens (including phenoxy) is 1. The molecule has 3 aliphatic rings. The number of nitrogens with one attached hydrogen (secondary N) is 1. The third-order valence-corrected chi connectivity index (χ3v) is 5.81. The monoisotopic (exact) mass is 321 g/mol. The number of rotatable bonds is 4. The SMILES string of the molecule is Cc1nc(CN2C[C@H](C(=O)NC3CC3)[C@@H]3CCO[C@@H]3C2)cs1. The smallest absolute Gasteiger partial charge is 0.225 e. The van der Waals surface area contributed by atoms with Crippen molar-refractivity contribution in [3.8, 4) is 0 Å². The van der Waals surface area contributed by atoms with Gasteiger partial charge in [0, 0.05) is 43.6 Å². The van der Waals surface area contributed by atoms with Crippen LogP contribution in [0.25, 0.3) is 0 Å². The Balaban J connectivity index is 1.45. The number of thiazole rings is 1. The fraction of sp³-hybridized carbons (Fsp3) is 0.750. The van der Waals surface area contributed by atoms with Crippen LogP contribution in [0, 0.1) is 18.8 Å². The number of aromatic nitrogens is 1. The maximum atomic E-state index is 12.6. The lowest BCUT2D eigenvalue weighted by atomic mass is 9.82. The summed E-state index contributed by atoms with van der Waals surface area (Å²) in [7, 11) is 0. The molecule has 6 heteroatoms. The maximum absolute atomic E-state index is 12.6. The van der Waals surface area contributed by atoms with Gasteiger partial charge in [0.2, 0.25) is 5.91 Å². The van der Waals surface area contributed by atoms with Gasteiger partial charge in [0.05, 0.1) is 22.7 Å². The third-order valence-electron chi connectivity index (χ3n) is 4.98. The van der Waals surface area contributed by atoms with Gasteiger partial charge in [-0.3, -0.25) is 9.69 Å². The highest BCUT2D eigenvalue weighted by Crippen LogP contribution is 2.35. The number of fused-ring (bicyclic) bond motifs is 1. The number of hydrogen-bond acceptors (Lipinski definition) is 5. The number of aryl methyl sites for hydroxylation is 1. The molecule has 0 spiro atoms. The average molecular weight is 321 g/mol. The average Bonchev–Trinajstić information content (AvgIpc) is 3.01. The normalized spacial score (nSPS) is 32.0. The zero-order chi connectivity index (χ0) is 15.1. The van der Waals surface area contributed by atoms with Crippen LogP contribution in [0.4, 0.5) is 0 Å². The van der Waals surface area contributed by atoms with Gasteiger partial charge in [0.1, 0.15) is 0 Å². The predicted molar refractivity (Wildman–Crippen MR) is 84.6 cm³/mol. The highest BCUT2D eigenvalue weighted by atomic mass is 32.1. The van der Waals surface area contributed by atoms with Crippen molar-refractivity contribution < 1.29 is 9.53 Å². The van der Waals surface area contributed by atoms with Crippen LogP contribution in [0.3, 0.4) is 0 Å². The Labute approximate surface area is 135 Å². The van der Waals surface area contributed by atoms with E-state index >= 15 is 0 Å². The summed E-state index contributed by atoms with van der Waals surface area (Å²) >= 11 is 1.69. The van der Waals surface area contributed by atoms with Gasteiger partial charge >= 0.3 is 0 Å². The van der Waals surface area contributed by atoms with Gasteiger partial charge in [-0.2, -0.15) is 0 Å². The summed E-state index contributed by atoms with van der Waals surface area (Å²) in [6, 6.07) is 0.435. The van der Waals surface area contributed by atoms with Crippen molar-refractivity contribution in [2.45, 2.75) is 44.9 Å². The minimum absolute atomic E-state index is 0.0709. The Morgan fingerprint density at radius 1 is 1.45 bits per heavy atom. The van der Waals surface area contributed by atoms with Crippen molar-refractivity contribution in [1.29, 1.82) is 0 Å². The minimum atomic E-state index is 0.0709. The first kappa shape index (κ1) is 14.6. The number of hydrogen-bond donors (Lipinski definition) is 1. The van der Waals surface area contributed by atoms with Crippen molar-refractivity contribution >= 4 is 17.2 Å². The molecule has 120 valence electrons. The lowest BCUT2D eigenvalue weighted by molar-refractivity contribution is -0.131. The second-order valence-electron chi connectivity index (χ2n) is 6.80. The molecule has 1 saturated carbocycles. The van der Waals surface area contributed by atoms with E-state index in [1.165, 1.54) is 0 Å². The van der Waals surface area contributed by atoms with Crippen LogP contribution in [0.1, 0.15) is 30.0 Å². The van der Waals surface area contributed by atoms with Crippen LogP contribution in [0.2, 0.25) is 0 Å². The van der Waals surface area contributed by atoms with Crippen molar-refractivity contribution in [3.05, 3.63) is 16.1 Å².